The third-order valence-electron chi connectivity index (χ3n) is 3.17. The van der Waals surface area contributed by atoms with Crippen LogP contribution in [0.15, 0.2) is 41.8 Å². The van der Waals surface area contributed by atoms with E-state index in [0.29, 0.717) is 12.0 Å². The molecule has 0 radical (unpaired) electrons. The number of ether oxygens (including phenoxy) is 1. The standard InChI is InChI=1S/C17H23NOS/c1-4-11-19-15-9-7-14(8-10-15)18-17(13(2)3)16-6-5-12-20-16/h5-10,12-13,17-18H,4,11H2,1-3H3. The first-order valence-corrected chi connectivity index (χ1v) is 8.11. The first-order chi connectivity index (χ1) is 9.70. The molecular formula is C17H23NOS. The van der Waals surface area contributed by atoms with Crippen molar-refractivity contribution in [2.75, 3.05) is 11.9 Å². The van der Waals surface area contributed by atoms with Crippen LogP contribution in [-0.4, -0.2) is 6.61 Å². The Balaban J connectivity index is 2.04. The van der Waals surface area contributed by atoms with E-state index in [1.54, 1.807) is 11.3 Å². The Morgan fingerprint density at radius 2 is 1.90 bits per heavy atom. The van der Waals surface area contributed by atoms with Crippen LogP contribution < -0.4 is 10.1 Å². The van der Waals surface area contributed by atoms with Crippen molar-refractivity contribution < 1.29 is 4.74 Å². The fraction of sp³-hybridized carbons (Fsp3) is 0.412. The monoisotopic (exact) mass is 289 g/mol. The second-order valence-electron chi connectivity index (χ2n) is 5.25. The van der Waals surface area contributed by atoms with E-state index >= 15 is 0 Å². The van der Waals surface area contributed by atoms with Gasteiger partial charge < -0.3 is 10.1 Å². The minimum Gasteiger partial charge on any atom is -0.494 e. The zero-order chi connectivity index (χ0) is 14.4. The van der Waals surface area contributed by atoms with Crippen LogP contribution in [0.1, 0.15) is 38.1 Å². The minimum atomic E-state index is 0.359. The van der Waals surface area contributed by atoms with Gasteiger partial charge in [-0.2, -0.15) is 0 Å². The summed E-state index contributed by atoms with van der Waals surface area (Å²) < 4.78 is 5.61. The first-order valence-electron chi connectivity index (χ1n) is 7.23. The fourth-order valence-electron chi connectivity index (χ4n) is 2.08. The van der Waals surface area contributed by atoms with E-state index in [-0.39, 0.29) is 0 Å². The van der Waals surface area contributed by atoms with Crippen LogP contribution in [-0.2, 0) is 0 Å². The van der Waals surface area contributed by atoms with E-state index in [9.17, 15) is 0 Å². The first kappa shape index (κ1) is 14.9. The molecule has 1 unspecified atom stereocenters. The van der Waals surface area contributed by atoms with E-state index in [1.807, 2.05) is 12.1 Å². The van der Waals surface area contributed by atoms with Crippen molar-refractivity contribution in [1.29, 1.82) is 0 Å². The van der Waals surface area contributed by atoms with Gasteiger partial charge >= 0.3 is 0 Å². The maximum absolute atomic E-state index is 5.61. The van der Waals surface area contributed by atoms with Gasteiger partial charge in [0.15, 0.2) is 0 Å². The van der Waals surface area contributed by atoms with Gasteiger partial charge in [-0.25, -0.2) is 0 Å². The largest absolute Gasteiger partial charge is 0.494 e. The zero-order valence-corrected chi connectivity index (χ0v) is 13.2. The fourth-order valence-corrected chi connectivity index (χ4v) is 3.03. The van der Waals surface area contributed by atoms with Gasteiger partial charge in [0.25, 0.3) is 0 Å². The normalized spacial score (nSPS) is 12.4. The number of nitrogens with one attached hydrogen (secondary N) is 1. The molecule has 2 aromatic rings. The van der Waals surface area contributed by atoms with Gasteiger partial charge in [0.05, 0.1) is 12.6 Å². The molecule has 0 saturated carbocycles. The molecule has 1 aromatic carbocycles. The van der Waals surface area contributed by atoms with Crippen LogP contribution in [0.3, 0.4) is 0 Å². The molecule has 0 fully saturated rings. The molecule has 20 heavy (non-hydrogen) atoms. The topological polar surface area (TPSA) is 21.3 Å². The molecule has 3 heteroatoms. The molecule has 1 aromatic heterocycles. The maximum Gasteiger partial charge on any atom is 0.119 e. The van der Waals surface area contributed by atoms with E-state index in [0.717, 1.165) is 24.5 Å². The Morgan fingerprint density at radius 1 is 1.15 bits per heavy atom. The molecule has 1 heterocycles. The summed E-state index contributed by atoms with van der Waals surface area (Å²) in [6, 6.07) is 12.9. The molecule has 0 bridgehead atoms. The maximum atomic E-state index is 5.61. The molecule has 0 amide bonds. The number of hydrogen-bond acceptors (Lipinski definition) is 3. The number of anilines is 1. The van der Waals surface area contributed by atoms with Crippen LogP contribution in [0, 0.1) is 5.92 Å². The number of rotatable bonds is 7. The lowest BCUT2D eigenvalue weighted by Crippen LogP contribution is -2.15. The Hall–Kier alpha value is -1.48. The molecule has 0 spiro atoms. The smallest absolute Gasteiger partial charge is 0.119 e. The number of hydrogen-bond donors (Lipinski definition) is 1. The van der Waals surface area contributed by atoms with Crippen molar-refractivity contribution in [2.24, 2.45) is 5.92 Å². The van der Waals surface area contributed by atoms with E-state index < -0.39 is 0 Å². The highest BCUT2D eigenvalue weighted by atomic mass is 32.1. The molecule has 0 aliphatic carbocycles. The second kappa shape index (κ2) is 7.34. The van der Waals surface area contributed by atoms with Gasteiger partial charge in [0, 0.05) is 10.6 Å². The number of thiophene rings is 1. The molecule has 1 N–H and O–H groups in total. The molecule has 2 rings (SSSR count). The average molecular weight is 289 g/mol. The SMILES string of the molecule is CCCOc1ccc(NC(c2cccs2)C(C)C)cc1. The van der Waals surface area contributed by atoms with Crippen molar-refractivity contribution in [3.8, 4) is 5.75 Å². The van der Waals surface area contributed by atoms with Crippen LogP contribution >= 0.6 is 11.3 Å². The van der Waals surface area contributed by atoms with Crippen LogP contribution in [0.5, 0.6) is 5.75 Å². The highest BCUT2D eigenvalue weighted by molar-refractivity contribution is 7.10. The zero-order valence-electron chi connectivity index (χ0n) is 12.4. The highest BCUT2D eigenvalue weighted by Crippen LogP contribution is 2.30. The average Bonchev–Trinajstić information content (AvgIpc) is 2.97. The predicted octanol–water partition coefficient (Wildman–Crippen LogP) is 5.35. The summed E-state index contributed by atoms with van der Waals surface area (Å²) >= 11 is 1.81. The highest BCUT2D eigenvalue weighted by Gasteiger charge is 2.16. The molecule has 0 saturated heterocycles. The second-order valence-corrected chi connectivity index (χ2v) is 6.23. The molecule has 0 aliphatic heterocycles. The molecular weight excluding hydrogens is 266 g/mol. The summed E-state index contributed by atoms with van der Waals surface area (Å²) in [5.74, 6) is 1.49. The Kier molecular flexibility index (Phi) is 5.48. The summed E-state index contributed by atoms with van der Waals surface area (Å²) in [5.41, 5.74) is 1.14. The lowest BCUT2D eigenvalue weighted by molar-refractivity contribution is 0.317. The van der Waals surface area contributed by atoms with E-state index in [2.05, 4.69) is 55.7 Å². The number of benzene rings is 1. The lowest BCUT2D eigenvalue weighted by atomic mass is 10.0. The molecule has 1 atom stereocenters. The van der Waals surface area contributed by atoms with Gasteiger partial charge in [-0.1, -0.05) is 26.8 Å². The predicted molar refractivity (Wildman–Crippen MR) is 87.7 cm³/mol. The third-order valence-corrected chi connectivity index (χ3v) is 4.12. The molecule has 2 nitrogen and oxygen atoms in total. The third kappa shape index (κ3) is 4.01. The van der Waals surface area contributed by atoms with Crippen molar-refractivity contribution in [2.45, 2.75) is 33.2 Å². The van der Waals surface area contributed by atoms with Crippen LogP contribution in [0.4, 0.5) is 5.69 Å². The summed E-state index contributed by atoms with van der Waals surface area (Å²) in [5, 5.41) is 5.75. The van der Waals surface area contributed by atoms with Crippen molar-refractivity contribution in [1.82, 2.24) is 0 Å². The summed E-state index contributed by atoms with van der Waals surface area (Å²) in [6.45, 7) is 7.38. The van der Waals surface area contributed by atoms with Gasteiger partial charge in [-0.15, -0.1) is 11.3 Å². The van der Waals surface area contributed by atoms with Crippen LogP contribution in [0.25, 0.3) is 0 Å². The Labute approximate surface area is 125 Å². The lowest BCUT2D eigenvalue weighted by Gasteiger charge is -2.22. The van der Waals surface area contributed by atoms with E-state index in [1.165, 1.54) is 4.88 Å². The minimum absolute atomic E-state index is 0.359. The summed E-state index contributed by atoms with van der Waals surface area (Å²) in [6.07, 6.45) is 1.04. The Bertz CT molecular complexity index is 490. The van der Waals surface area contributed by atoms with Gasteiger partial charge in [0.1, 0.15) is 5.75 Å². The summed E-state index contributed by atoms with van der Waals surface area (Å²) in [4.78, 5) is 1.38. The van der Waals surface area contributed by atoms with Gasteiger partial charge in [0.2, 0.25) is 0 Å². The van der Waals surface area contributed by atoms with Crippen molar-refractivity contribution >= 4 is 17.0 Å². The van der Waals surface area contributed by atoms with Crippen LogP contribution in [0.2, 0.25) is 0 Å². The van der Waals surface area contributed by atoms with E-state index in [4.69, 9.17) is 4.74 Å². The molecule has 108 valence electrons. The van der Waals surface area contributed by atoms with Gasteiger partial charge in [-0.05, 0) is 48.1 Å². The summed E-state index contributed by atoms with van der Waals surface area (Å²) in [7, 11) is 0. The van der Waals surface area contributed by atoms with Crippen molar-refractivity contribution in [3.63, 3.8) is 0 Å². The quantitative estimate of drug-likeness (QED) is 0.742. The van der Waals surface area contributed by atoms with Crippen molar-refractivity contribution in [3.05, 3.63) is 46.7 Å². The molecule has 0 aliphatic rings. The van der Waals surface area contributed by atoms with Gasteiger partial charge in [-0.3, -0.25) is 0 Å². The Morgan fingerprint density at radius 3 is 2.45 bits per heavy atom.